The molecule has 32 heavy (non-hydrogen) atoms. The van der Waals surface area contributed by atoms with E-state index >= 15 is 0 Å². The molecule has 0 bridgehead atoms. The molecule has 2 amide bonds. The van der Waals surface area contributed by atoms with Crippen molar-refractivity contribution in [3.05, 3.63) is 20.8 Å². The maximum Gasteiger partial charge on any atom is 0.330 e. The average Bonchev–Trinajstić information content (AvgIpc) is 2.73. The predicted molar refractivity (Wildman–Crippen MR) is 126 cm³/mol. The average molecular weight is 451 g/mol. The second-order valence-electron chi connectivity index (χ2n) is 8.76. The molecule has 4 N–H and O–H groups in total. The molecule has 1 saturated heterocycles. The number of nitrogens with zero attached hydrogens (tertiary/aromatic N) is 3. The van der Waals surface area contributed by atoms with Crippen molar-refractivity contribution in [2.75, 3.05) is 36.8 Å². The molecule has 2 rings (SSSR count). The van der Waals surface area contributed by atoms with Crippen LogP contribution in [0.15, 0.2) is 9.59 Å². The zero-order valence-corrected chi connectivity index (χ0v) is 19.8. The number of likely N-dealkylation sites (tertiary alicyclic amines) is 1. The maximum atomic E-state index is 13.2. The van der Waals surface area contributed by atoms with Crippen molar-refractivity contribution in [2.45, 2.75) is 72.4 Å². The summed E-state index contributed by atoms with van der Waals surface area (Å²) in [5, 5.41) is 2.95. The highest BCUT2D eigenvalue weighted by Crippen LogP contribution is 2.21. The number of nitrogens with one attached hydrogen (secondary N) is 2. The van der Waals surface area contributed by atoms with Gasteiger partial charge in [-0.1, -0.05) is 20.3 Å². The molecule has 0 atom stereocenters. The lowest BCUT2D eigenvalue weighted by Crippen LogP contribution is -2.48. The molecule has 0 radical (unpaired) electrons. The Labute approximate surface area is 189 Å². The van der Waals surface area contributed by atoms with Gasteiger partial charge in [-0.2, -0.15) is 0 Å². The molecule has 0 spiro atoms. The van der Waals surface area contributed by atoms with E-state index < -0.39 is 11.2 Å². The van der Waals surface area contributed by atoms with E-state index in [0.717, 1.165) is 6.42 Å². The number of carbonyl (C=O) groups is 2. The Morgan fingerprint density at radius 3 is 2.41 bits per heavy atom. The van der Waals surface area contributed by atoms with E-state index in [4.69, 9.17) is 5.73 Å². The van der Waals surface area contributed by atoms with E-state index in [-0.39, 0.29) is 41.8 Å². The van der Waals surface area contributed by atoms with Gasteiger partial charge in [0, 0.05) is 25.0 Å². The third kappa shape index (κ3) is 6.44. The molecule has 1 fully saturated rings. The Balaban J connectivity index is 2.17. The van der Waals surface area contributed by atoms with Gasteiger partial charge in [0.15, 0.2) is 5.69 Å². The summed E-state index contributed by atoms with van der Waals surface area (Å²) in [6, 6.07) is 0.105. The molecule has 0 aromatic carbocycles. The van der Waals surface area contributed by atoms with E-state index in [1.54, 1.807) is 0 Å². The number of anilines is 2. The predicted octanol–water partition coefficient (Wildman–Crippen LogP) is 0.899. The van der Waals surface area contributed by atoms with E-state index in [0.29, 0.717) is 51.9 Å². The number of hydrogen-bond donors (Lipinski definition) is 3. The van der Waals surface area contributed by atoms with Gasteiger partial charge in [-0.25, -0.2) is 4.79 Å². The molecule has 0 aliphatic carbocycles. The summed E-state index contributed by atoms with van der Waals surface area (Å²) in [7, 11) is 0. The van der Waals surface area contributed by atoms with E-state index in [2.05, 4.69) is 10.3 Å². The minimum atomic E-state index is -0.645. The Hall–Kier alpha value is -2.62. The van der Waals surface area contributed by atoms with Crippen LogP contribution in [0.2, 0.25) is 0 Å². The number of amides is 2. The SMILES string of the molecule is CCCCN(C(=O)CN1CCC(C(=O)NC(C)C)CC1)c1c(N)n(CCC)c(=O)[nH]c1=O. The van der Waals surface area contributed by atoms with Gasteiger partial charge >= 0.3 is 5.69 Å². The van der Waals surface area contributed by atoms with Gasteiger partial charge in [-0.3, -0.25) is 28.8 Å². The Morgan fingerprint density at radius 1 is 1.19 bits per heavy atom. The maximum absolute atomic E-state index is 13.2. The van der Waals surface area contributed by atoms with E-state index in [1.165, 1.54) is 9.47 Å². The molecule has 180 valence electrons. The molecular weight excluding hydrogens is 412 g/mol. The summed E-state index contributed by atoms with van der Waals surface area (Å²) in [5.74, 6) is -0.194. The van der Waals surface area contributed by atoms with Gasteiger partial charge in [0.2, 0.25) is 11.8 Å². The minimum absolute atomic E-state index is 0.0223. The zero-order valence-electron chi connectivity index (χ0n) is 19.8. The number of H-pyrrole nitrogens is 1. The van der Waals surface area contributed by atoms with Gasteiger partial charge < -0.3 is 16.0 Å². The normalized spacial score (nSPS) is 15.2. The third-order valence-electron chi connectivity index (χ3n) is 5.72. The number of carbonyl (C=O) groups excluding carboxylic acids is 2. The quantitative estimate of drug-likeness (QED) is 0.485. The number of aromatic nitrogens is 2. The van der Waals surface area contributed by atoms with Crippen molar-refractivity contribution in [1.82, 2.24) is 19.8 Å². The number of hydrogen-bond acceptors (Lipinski definition) is 6. The van der Waals surface area contributed by atoms with Crippen molar-refractivity contribution in [3.8, 4) is 0 Å². The molecule has 2 heterocycles. The van der Waals surface area contributed by atoms with Gasteiger partial charge in [0.05, 0.1) is 6.54 Å². The van der Waals surface area contributed by atoms with Gasteiger partial charge in [-0.15, -0.1) is 0 Å². The van der Waals surface area contributed by atoms with E-state index in [9.17, 15) is 19.2 Å². The van der Waals surface area contributed by atoms with Crippen LogP contribution < -0.4 is 27.2 Å². The molecule has 1 aromatic rings. The summed E-state index contributed by atoms with van der Waals surface area (Å²) >= 11 is 0. The molecule has 1 aliphatic rings. The molecule has 0 unspecified atom stereocenters. The van der Waals surface area contributed by atoms with Gasteiger partial charge in [0.25, 0.3) is 5.56 Å². The summed E-state index contributed by atoms with van der Waals surface area (Å²) < 4.78 is 1.31. The molecule has 10 heteroatoms. The van der Waals surface area contributed by atoms with Gasteiger partial charge in [-0.05, 0) is 52.6 Å². The van der Waals surface area contributed by atoms with Crippen molar-refractivity contribution in [2.24, 2.45) is 5.92 Å². The van der Waals surface area contributed by atoms with Crippen LogP contribution in [-0.2, 0) is 16.1 Å². The molecule has 0 saturated carbocycles. The van der Waals surface area contributed by atoms with Crippen molar-refractivity contribution in [3.63, 3.8) is 0 Å². The zero-order chi connectivity index (χ0) is 23.8. The van der Waals surface area contributed by atoms with Crippen LogP contribution in [0.4, 0.5) is 11.5 Å². The van der Waals surface area contributed by atoms with Crippen LogP contribution in [-0.4, -0.2) is 58.5 Å². The van der Waals surface area contributed by atoms with Crippen LogP contribution >= 0.6 is 0 Å². The number of aromatic amines is 1. The monoisotopic (exact) mass is 450 g/mol. The third-order valence-corrected chi connectivity index (χ3v) is 5.72. The second kappa shape index (κ2) is 11.8. The number of nitrogen functional groups attached to an aromatic ring is 1. The summed E-state index contributed by atoms with van der Waals surface area (Å²) in [6.07, 6.45) is 3.58. The topological polar surface area (TPSA) is 134 Å². The Morgan fingerprint density at radius 2 is 1.84 bits per heavy atom. The smallest absolute Gasteiger partial charge is 0.330 e. The van der Waals surface area contributed by atoms with Crippen molar-refractivity contribution in [1.29, 1.82) is 0 Å². The fraction of sp³-hybridized carbons (Fsp3) is 0.727. The number of nitrogens with two attached hydrogens (primary N) is 1. The van der Waals surface area contributed by atoms with Crippen molar-refractivity contribution >= 4 is 23.3 Å². The fourth-order valence-electron chi connectivity index (χ4n) is 3.99. The molecular formula is C22H38N6O4. The highest BCUT2D eigenvalue weighted by Gasteiger charge is 2.29. The first-order valence-corrected chi connectivity index (χ1v) is 11.6. The first-order valence-electron chi connectivity index (χ1n) is 11.6. The standard InChI is InChI=1S/C22H38N6O4/c1-5-7-11-27(18-19(23)28(10-6-2)22(32)25-21(18)31)17(29)14-26-12-8-16(9-13-26)20(30)24-15(3)4/h15-16H,5-14,23H2,1-4H3,(H,24,30)(H,25,31,32). The van der Waals surface area contributed by atoms with Crippen LogP contribution in [0.1, 0.15) is 59.8 Å². The number of piperidine rings is 1. The van der Waals surface area contributed by atoms with Gasteiger partial charge in [0.1, 0.15) is 5.82 Å². The lowest BCUT2D eigenvalue weighted by molar-refractivity contribution is -0.127. The Kier molecular flexibility index (Phi) is 9.49. The molecule has 1 aromatic heterocycles. The Bertz CT molecular complexity index is 899. The highest BCUT2D eigenvalue weighted by atomic mass is 16.2. The number of rotatable bonds is 10. The van der Waals surface area contributed by atoms with Crippen LogP contribution in [0.5, 0.6) is 0 Å². The van der Waals surface area contributed by atoms with Crippen molar-refractivity contribution < 1.29 is 9.59 Å². The van der Waals surface area contributed by atoms with Crippen LogP contribution in [0.25, 0.3) is 0 Å². The lowest BCUT2D eigenvalue weighted by atomic mass is 9.95. The lowest BCUT2D eigenvalue weighted by Gasteiger charge is -2.33. The summed E-state index contributed by atoms with van der Waals surface area (Å²) in [5.41, 5.74) is 5.03. The second-order valence-corrected chi connectivity index (χ2v) is 8.76. The first kappa shape index (κ1) is 25.6. The first-order chi connectivity index (χ1) is 15.2. The molecule has 10 nitrogen and oxygen atoms in total. The van der Waals surface area contributed by atoms with E-state index in [1.807, 2.05) is 32.6 Å². The fourth-order valence-corrected chi connectivity index (χ4v) is 3.99. The minimum Gasteiger partial charge on any atom is -0.383 e. The molecule has 1 aliphatic heterocycles. The van der Waals surface area contributed by atoms with Crippen LogP contribution in [0.3, 0.4) is 0 Å². The largest absolute Gasteiger partial charge is 0.383 e. The van der Waals surface area contributed by atoms with Crippen LogP contribution in [0, 0.1) is 5.92 Å². The highest BCUT2D eigenvalue weighted by molar-refractivity contribution is 5.96. The summed E-state index contributed by atoms with van der Waals surface area (Å²) in [6.45, 7) is 9.88. The summed E-state index contributed by atoms with van der Waals surface area (Å²) in [4.78, 5) is 56.0. The number of unbranched alkanes of at least 4 members (excludes halogenated alkanes) is 1.